The minimum atomic E-state index is -0.970. The Hall–Kier alpha value is -1.51. The van der Waals surface area contributed by atoms with E-state index >= 15 is 0 Å². The van der Waals surface area contributed by atoms with Gasteiger partial charge in [-0.3, -0.25) is 4.79 Å². The van der Waals surface area contributed by atoms with Gasteiger partial charge in [0.2, 0.25) is 0 Å². The number of hydrogen-bond donors (Lipinski definition) is 1. The summed E-state index contributed by atoms with van der Waals surface area (Å²) in [4.78, 5) is 10.6. The fourth-order valence-electron chi connectivity index (χ4n) is 1.95. The third kappa shape index (κ3) is 3.99. The summed E-state index contributed by atoms with van der Waals surface area (Å²) in [5, 5.41) is 8.61. The van der Waals surface area contributed by atoms with Gasteiger partial charge in [-0.2, -0.15) is 0 Å². The normalized spacial score (nSPS) is 12.1. The summed E-state index contributed by atoms with van der Waals surface area (Å²) >= 11 is 11.7. The fourth-order valence-corrected chi connectivity index (χ4v) is 2.25. The summed E-state index contributed by atoms with van der Waals surface area (Å²) in [5.41, 5.74) is 3.21. The average Bonchev–Trinajstić information content (AvgIpc) is 2.45. The zero-order valence-corrected chi connectivity index (χ0v) is 12.2. The van der Waals surface area contributed by atoms with Crippen molar-refractivity contribution in [3.63, 3.8) is 0 Å². The maximum atomic E-state index is 10.6. The van der Waals surface area contributed by atoms with E-state index in [1.807, 2.05) is 48.5 Å². The molecule has 0 aliphatic rings. The lowest BCUT2D eigenvalue weighted by Crippen LogP contribution is -2.13. The molecule has 4 heteroatoms. The van der Waals surface area contributed by atoms with Crippen LogP contribution in [0.3, 0.4) is 0 Å². The molecule has 1 unspecified atom stereocenters. The van der Waals surface area contributed by atoms with Crippen LogP contribution in [0.4, 0.5) is 0 Å². The highest BCUT2D eigenvalue weighted by Gasteiger charge is 2.12. The van der Waals surface area contributed by atoms with E-state index in [0.717, 1.165) is 16.7 Å². The SMILES string of the molecule is O=C(O)C(Cl)CCc1ccc(-c2cccc(Cl)c2)cc1. The number of aryl methyl sites for hydroxylation is 1. The molecule has 0 aliphatic carbocycles. The van der Waals surface area contributed by atoms with Crippen LogP contribution >= 0.6 is 23.2 Å². The van der Waals surface area contributed by atoms with Crippen molar-refractivity contribution in [3.05, 3.63) is 59.1 Å². The van der Waals surface area contributed by atoms with Gasteiger partial charge in [0.25, 0.3) is 0 Å². The lowest BCUT2D eigenvalue weighted by molar-refractivity contribution is -0.136. The number of alkyl halides is 1. The first-order chi connectivity index (χ1) is 9.56. The highest BCUT2D eigenvalue weighted by atomic mass is 35.5. The molecule has 0 saturated carbocycles. The fraction of sp³-hybridized carbons (Fsp3) is 0.188. The lowest BCUT2D eigenvalue weighted by atomic mass is 10.0. The van der Waals surface area contributed by atoms with Gasteiger partial charge in [0, 0.05) is 5.02 Å². The van der Waals surface area contributed by atoms with Gasteiger partial charge in [-0.25, -0.2) is 0 Å². The van der Waals surface area contributed by atoms with Gasteiger partial charge in [-0.1, -0.05) is 48.0 Å². The topological polar surface area (TPSA) is 37.3 Å². The molecule has 2 aromatic carbocycles. The van der Waals surface area contributed by atoms with E-state index in [2.05, 4.69) is 0 Å². The minimum Gasteiger partial charge on any atom is -0.480 e. The highest BCUT2D eigenvalue weighted by Crippen LogP contribution is 2.23. The summed E-state index contributed by atoms with van der Waals surface area (Å²) in [6, 6.07) is 15.7. The highest BCUT2D eigenvalue weighted by molar-refractivity contribution is 6.30. The van der Waals surface area contributed by atoms with Crippen molar-refractivity contribution >= 4 is 29.2 Å². The molecule has 0 aliphatic heterocycles. The molecule has 0 bridgehead atoms. The molecule has 0 radical (unpaired) electrons. The molecule has 0 saturated heterocycles. The molecule has 0 heterocycles. The summed E-state index contributed by atoms with van der Waals surface area (Å²) in [5.74, 6) is -0.970. The Kier molecular flexibility index (Phi) is 5.05. The first kappa shape index (κ1) is 14.9. The van der Waals surface area contributed by atoms with Gasteiger partial charge in [0.1, 0.15) is 5.38 Å². The summed E-state index contributed by atoms with van der Waals surface area (Å²) in [6.07, 6.45) is 1.07. The van der Waals surface area contributed by atoms with Crippen LogP contribution in [0.25, 0.3) is 11.1 Å². The first-order valence-electron chi connectivity index (χ1n) is 6.28. The van der Waals surface area contributed by atoms with E-state index in [4.69, 9.17) is 28.3 Å². The molecule has 104 valence electrons. The molecular weight excluding hydrogens is 295 g/mol. The van der Waals surface area contributed by atoms with E-state index in [9.17, 15) is 4.79 Å². The van der Waals surface area contributed by atoms with Crippen molar-refractivity contribution in [2.45, 2.75) is 18.2 Å². The minimum absolute atomic E-state index is 0.424. The Morgan fingerprint density at radius 2 is 1.80 bits per heavy atom. The predicted molar refractivity (Wildman–Crippen MR) is 82.5 cm³/mol. The number of benzene rings is 2. The Morgan fingerprint density at radius 3 is 2.40 bits per heavy atom. The van der Waals surface area contributed by atoms with Gasteiger partial charge in [0.05, 0.1) is 0 Å². The van der Waals surface area contributed by atoms with Crippen LogP contribution in [-0.4, -0.2) is 16.5 Å². The van der Waals surface area contributed by atoms with E-state index in [0.29, 0.717) is 17.9 Å². The summed E-state index contributed by atoms with van der Waals surface area (Å²) < 4.78 is 0. The van der Waals surface area contributed by atoms with E-state index in [-0.39, 0.29) is 0 Å². The van der Waals surface area contributed by atoms with E-state index in [1.54, 1.807) is 0 Å². The maximum absolute atomic E-state index is 10.6. The van der Waals surface area contributed by atoms with Crippen molar-refractivity contribution in [3.8, 4) is 11.1 Å². The molecule has 1 atom stereocenters. The number of aliphatic carboxylic acids is 1. The molecule has 2 aromatic rings. The monoisotopic (exact) mass is 308 g/mol. The van der Waals surface area contributed by atoms with Gasteiger partial charge < -0.3 is 5.11 Å². The molecular formula is C16H14Cl2O2. The van der Waals surface area contributed by atoms with Crippen LogP contribution < -0.4 is 0 Å². The zero-order valence-electron chi connectivity index (χ0n) is 10.7. The number of carboxylic acid groups (broad SMARTS) is 1. The van der Waals surface area contributed by atoms with Crippen LogP contribution in [-0.2, 0) is 11.2 Å². The van der Waals surface area contributed by atoms with E-state index < -0.39 is 11.3 Å². The maximum Gasteiger partial charge on any atom is 0.321 e. The Balaban J connectivity index is 2.05. The van der Waals surface area contributed by atoms with Crippen molar-refractivity contribution in [2.24, 2.45) is 0 Å². The summed E-state index contributed by atoms with van der Waals surface area (Å²) in [7, 11) is 0. The van der Waals surface area contributed by atoms with Crippen molar-refractivity contribution in [2.75, 3.05) is 0 Å². The second-order valence-corrected chi connectivity index (χ2v) is 5.51. The standard InChI is InChI=1S/C16H14Cl2O2/c17-14-3-1-2-13(10-14)12-7-4-11(5-8-12)6-9-15(18)16(19)20/h1-5,7-8,10,15H,6,9H2,(H,19,20). The average molecular weight is 309 g/mol. The van der Waals surface area contributed by atoms with Crippen LogP contribution in [0.2, 0.25) is 5.02 Å². The van der Waals surface area contributed by atoms with Gasteiger partial charge in [0.15, 0.2) is 0 Å². The van der Waals surface area contributed by atoms with Crippen LogP contribution in [0, 0.1) is 0 Å². The first-order valence-corrected chi connectivity index (χ1v) is 7.09. The molecule has 0 amide bonds. The third-order valence-electron chi connectivity index (χ3n) is 3.07. The van der Waals surface area contributed by atoms with Crippen molar-refractivity contribution in [1.29, 1.82) is 0 Å². The quantitative estimate of drug-likeness (QED) is 0.818. The van der Waals surface area contributed by atoms with Crippen LogP contribution in [0.5, 0.6) is 0 Å². The second-order valence-electron chi connectivity index (χ2n) is 4.55. The van der Waals surface area contributed by atoms with Crippen molar-refractivity contribution < 1.29 is 9.90 Å². The molecule has 0 fully saturated rings. The molecule has 0 spiro atoms. The molecule has 20 heavy (non-hydrogen) atoms. The Labute approximate surface area is 128 Å². The van der Waals surface area contributed by atoms with Crippen LogP contribution in [0.1, 0.15) is 12.0 Å². The smallest absolute Gasteiger partial charge is 0.321 e. The lowest BCUT2D eigenvalue weighted by Gasteiger charge is -2.06. The molecule has 1 N–H and O–H groups in total. The van der Waals surface area contributed by atoms with E-state index in [1.165, 1.54) is 0 Å². The molecule has 0 aromatic heterocycles. The number of hydrogen-bond acceptors (Lipinski definition) is 1. The van der Waals surface area contributed by atoms with Gasteiger partial charge >= 0.3 is 5.97 Å². The molecule has 2 rings (SSSR count). The van der Waals surface area contributed by atoms with Crippen LogP contribution in [0.15, 0.2) is 48.5 Å². The van der Waals surface area contributed by atoms with Gasteiger partial charge in [-0.15, -0.1) is 11.6 Å². The van der Waals surface area contributed by atoms with Crippen molar-refractivity contribution in [1.82, 2.24) is 0 Å². The third-order valence-corrected chi connectivity index (χ3v) is 3.71. The number of halogens is 2. The molecule has 2 nitrogen and oxygen atoms in total. The number of carbonyl (C=O) groups is 1. The number of carboxylic acids is 1. The predicted octanol–water partition coefficient (Wildman–Crippen LogP) is 4.63. The Bertz CT molecular complexity index is 594. The Morgan fingerprint density at radius 1 is 1.10 bits per heavy atom. The second kappa shape index (κ2) is 6.78. The number of rotatable bonds is 5. The summed E-state index contributed by atoms with van der Waals surface area (Å²) in [6.45, 7) is 0. The largest absolute Gasteiger partial charge is 0.480 e. The zero-order chi connectivity index (χ0) is 14.5. The van der Waals surface area contributed by atoms with Gasteiger partial charge in [-0.05, 0) is 41.7 Å².